The van der Waals surface area contributed by atoms with Gasteiger partial charge in [0.15, 0.2) is 0 Å². The number of hydrogen-bond donors (Lipinski definition) is 1. The van der Waals surface area contributed by atoms with Crippen LogP contribution in [0.25, 0.3) is 0 Å². The SMILES string of the molecule is Clc1cccc(OCCSCC2CNC2)c1. The van der Waals surface area contributed by atoms with Gasteiger partial charge in [-0.15, -0.1) is 0 Å². The van der Waals surface area contributed by atoms with Gasteiger partial charge in [-0.05, 0) is 43.0 Å². The molecule has 16 heavy (non-hydrogen) atoms. The Kier molecular flexibility index (Phi) is 4.82. The predicted molar refractivity (Wildman–Crippen MR) is 70.6 cm³/mol. The zero-order valence-electron chi connectivity index (χ0n) is 9.12. The van der Waals surface area contributed by atoms with Crippen molar-refractivity contribution < 1.29 is 4.74 Å². The van der Waals surface area contributed by atoms with Crippen LogP contribution in [0.5, 0.6) is 5.75 Å². The van der Waals surface area contributed by atoms with Crippen molar-refractivity contribution >= 4 is 23.4 Å². The van der Waals surface area contributed by atoms with Gasteiger partial charge in [-0.1, -0.05) is 17.7 Å². The van der Waals surface area contributed by atoms with Gasteiger partial charge in [0.05, 0.1) is 6.61 Å². The molecule has 1 fully saturated rings. The van der Waals surface area contributed by atoms with Gasteiger partial charge >= 0.3 is 0 Å². The number of halogens is 1. The average Bonchev–Trinajstić information content (AvgIpc) is 2.20. The number of hydrogen-bond acceptors (Lipinski definition) is 3. The quantitative estimate of drug-likeness (QED) is 0.792. The zero-order chi connectivity index (χ0) is 11.2. The van der Waals surface area contributed by atoms with Gasteiger partial charge in [0.2, 0.25) is 0 Å². The summed E-state index contributed by atoms with van der Waals surface area (Å²) < 4.78 is 5.60. The van der Waals surface area contributed by atoms with Gasteiger partial charge < -0.3 is 10.1 Å². The second-order valence-corrected chi connectivity index (χ2v) is 5.49. The van der Waals surface area contributed by atoms with Crippen LogP contribution in [-0.2, 0) is 0 Å². The van der Waals surface area contributed by atoms with Crippen molar-refractivity contribution in [3.05, 3.63) is 29.3 Å². The maximum atomic E-state index is 5.86. The Labute approximate surface area is 106 Å². The molecule has 0 aromatic heterocycles. The van der Waals surface area contributed by atoms with Crippen molar-refractivity contribution in [2.24, 2.45) is 5.92 Å². The maximum absolute atomic E-state index is 5.86. The van der Waals surface area contributed by atoms with E-state index in [1.807, 2.05) is 36.0 Å². The topological polar surface area (TPSA) is 21.3 Å². The molecule has 0 radical (unpaired) electrons. The Morgan fingerprint density at radius 3 is 3.00 bits per heavy atom. The summed E-state index contributed by atoms with van der Waals surface area (Å²) in [4.78, 5) is 0. The molecule has 0 amide bonds. The van der Waals surface area contributed by atoms with Gasteiger partial charge in [-0.3, -0.25) is 0 Å². The van der Waals surface area contributed by atoms with Crippen LogP contribution in [-0.4, -0.2) is 31.2 Å². The normalized spacial score (nSPS) is 15.8. The Hall–Kier alpha value is -0.380. The van der Waals surface area contributed by atoms with E-state index in [0.717, 1.165) is 29.0 Å². The molecule has 0 spiro atoms. The summed E-state index contributed by atoms with van der Waals surface area (Å²) in [6, 6.07) is 7.55. The molecule has 2 rings (SSSR count). The molecule has 88 valence electrons. The van der Waals surface area contributed by atoms with Gasteiger partial charge in [0.1, 0.15) is 5.75 Å². The second kappa shape index (κ2) is 6.38. The Morgan fingerprint density at radius 1 is 1.44 bits per heavy atom. The first kappa shape index (κ1) is 12.1. The largest absolute Gasteiger partial charge is 0.493 e. The van der Waals surface area contributed by atoms with Crippen molar-refractivity contribution in [1.82, 2.24) is 5.32 Å². The van der Waals surface area contributed by atoms with Crippen molar-refractivity contribution in [2.45, 2.75) is 0 Å². The van der Waals surface area contributed by atoms with E-state index in [2.05, 4.69) is 5.32 Å². The highest BCUT2D eigenvalue weighted by atomic mass is 35.5. The third kappa shape index (κ3) is 3.89. The number of nitrogens with one attached hydrogen (secondary N) is 1. The number of thioether (sulfide) groups is 1. The molecule has 0 atom stereocenters. The molecule has 1 N–H and O–H groups in total. The summed E-state index contributed by atoms with van der Waals surface area (Å²) in [7, 11) is 0. The van der Waals surface area contributed by atoms with E-state index < -0.39 is 0 Å². The van der Waals surface area contributed by atoms with Crippen molar-refractivity contribution in [3.63, 3.8) is 0 Å². The molecular formula is C12H16ClNOS. The van der Waals surface area contributed by atoms with E-state index in [9.17, 15) is 0 Å². The lowest BCUT2D eigenvalue weighted by atomic mass is 10.1. The standard InChI is InChI=1S/C12H16ClNOS/c13-11-2-1-3-12(6-11)15-4-5-16-9-10-7-14-8-10/h1-3,6,10,14H,4-5,7-9H2. The van der Waals surface area contributed by atoms with Crippen molar-refractivity contribution in [3.8, 4) is 5.75 Å². The fraction of sp³-hybridized carbons (Fsp3) is 0.500. The van der Waals surface area contributed by atoms with Crippen LogP contribution >= 0.6 is 23.4 Å². The molecule has 1 heterocycles. The van der Waals surface area contributed by atoms with Crippen molar-refractivity contribution in [2.75, 3.05) is 31.2 Å². The molecular weight excluding hydrogens is 242 g/mol. The highest BCUT2D eigenvalue weighted by molar-refractivity contribution is 7.99. The minimum absolute atomic E-state index is 0.727. The molecule has 2 nitrogen and oxygen atoms in total. The minimum Gasteiger partial charge on any atom is -0.493 e. The first-order chi connectivity index (χ1) is 7.84. The molecule has 1 aliphatic rings. The summed E-state index contributed by atoms with van der Waals surface area (Å²) >= 11 is 7.82. The van der Waals surface area contributed by atoms with Gasteiger partial charge in [0, 0.05) is 10.8 Å². The second-order valence-electron chi connectivity index (χ2n) is 3.91. The molecule has 0 unspecified atom stereocenters. The van der Waals surface area contributed by atoms with Crippen LogP contribution < -0.4 is 10.1 Å². The third-order valence-electron chi connectivity index (χ3n) is 2.51. The molecule has 1 aromatic rings. The lowest BCUT2D eigenvalue weighted by molar-refractivity contribution is 0.343. The Bertz CT molecular complexity index is 331. The monoisotopic (exact) mass is 257 g/mol. The number of benzene rings is 1. The molecule has 1 aromatic carbocycles. The minimum atomic E-state index is 0.727. The molecule has 0 saturated carbocycles. The number of rotatable bonds is 6. The summed E-state index contributed by atoms with van der Waals surface area (Å²) in [5, 5.41) is 4.00. The highest BCUT2D eigenvalue weighted by Crippen LogP contribution is 2.18. The van der Waals surface area contributed by atoms with Crippen LogP contribution in [0.1, 0.15) is 0 Å². The summed E-state index contributed by atoms with van der Waals surface area (Å²) in [6.45, 7) is 3.12. The predicted octanol–water partition coefficient (Wildman–Crippen LogP) is 2.67. The third-order valence-corrected chi connectivity index (χ3v) is 3.91. The highest BCUT2D eigenvalue weighted by Gasteiger charge is 2.15. The zero-order valence-corrected chi connectivity index (χ0v) is 10.7. The van der Waals surface area contributed by atoms with Crippen LogP contribution in [0.3, 0.4) is 0 Å². The Balaban J connectivity index is 1.56. The fourth-order valence-electron chi connectivity index (χ4n) is 1.49. The average molecular weight is 258 g/mol. The van der Waals surface area contributed by atoms with Crippen LogP contribution in [0.15, 0.2) is 24.3 Å². The fourth-order valence-corrected chi connectivity index (χ4v) is 2.61. The molecule has 1 aliphatic heterocycles. The maximum Gasteiger partial charge on any atom is 0.120 e. The van der Waals surface area contributed by atoms with E-state index in [4.69, 9.17) is 16.3 Å². The summed E-state index contributed by atoms with van der Waals surface area (Å²) in [5.74, 6) is 4.02. The van der Waals surface area contributed by atoms with E-state index in [1.54, 1.807) is 0 Å². The molecule has 0 aliphatic carbocycles. The lowest BCUT2D eigenvalue weighted by Gasteiger charge is -2.26. The van der Waals surface area contributed by atoms with Crippen molar-refractivity contribution in [1.29, 1.82) is 0 Å². The first-order valence-electron chi connectivity index (χ1n) is 5.51. The van der Waals surface area contributed by atoms with Crippen LogP contribution in [0, 0.1) is 5.92 Å². The van der Waals surface area contributed by atoms with E-state index in [-0.39, 0.29) is 0 Å². The summed E-state index contributed by atoms with van der Waals surface area (Å²) in [5.41, 5.74) is 0. The van der Waals surface area contributed by atoms with Crippen LogP contribution in [0.2, 0.25) is 5.02 Å². The van der Waals surface area contributed by atoms with E-state index >= 15 is 0 Å². The first-order valence-corrected chi connectivity index (χ1v) is 7.05. The van der Waals surface area contributed by atoms with Gasteiger partial charge in [-0.25, -0.2) is 0 Å². The van der Waals surface area contributed by atoms with Gasteiger partial charge in [-0.2, -0.15) is 11.8 Å². The number of ether oxygens (including phenoxy) is 1. The molecule has 1 saturated heterocycles. The summed E-state index contributed by atoms with van der Waals surface area (Å²) in [6.07, 6.45) is 0. The smallest absolute Gasteiger partial charge is 0.120 e. The van der Waals surface area contributed by atoms with E-state index in [1.165, 1.54) is 18.8 Å². The lowest BCUT2D eigenvalue weighted by Crippen LogP contribution is -2.43. The van der Waals surface area contributed by atoms with Crippen LogP contribution in [0.4, 0.5) is 0 Å². The molecule has 0 bridgehead atoms. The molecule has 4 heteroatoms. The Morgan fingerprint density at radius 2 is 2.31 bits per heavy atom. The van der Waals surface area contributed by atoms with E-state index in [0.29, 0.717) is 0 Å². The van der Waals surface area contributed by atoms with Gasteiger partial charge in [0.25, 0.3) is 0 Å².